The lowest BCUT2D eigenvalue weighted by atomic mass is 9.82. The number of nitrogens with one attached hydrogen (secondary N) is 2. The van der Waals surface area contributed by atoms with E-state index in [9.17, 15) is 4.79 Å². The molecule has 116 valence electrons. The Bertz CT molecular complexity index is 496. The van der Waals surface area contributed by atoms with Crippen LogP contribution in [-0.2, 0) is 11.3 Å². The second-order valence-electron chi connectivity index (χ2n) is 5.70. The molecule has 1 aliphatic rings. The third-order valence-corrected chi connectivity index (χ3v) is 4.08. The molecule has 0 aromatic heterocycles. The minimum atomic E-state index is -0.321. The molecule has 1 aromatic rings. The molecule has 1 saturated heterocycles. The minimum Gasteiger partial charge on any atom is -0.497 e. The molecule has 0 saturated carbocycles. The van der Waals surface area contributed by atoms with E-state index >= 15 is 0 Å². The monoisotopic (exact) mass is 292 g/mol. The molecule has 2 rings (SSSR count). The highest BCUT2D eigenvalue weighted by molar-refractivity contribution is 5.82. The Labute approximate surface area is 126 Å². The lowest BCUT2D eigenvalue weighted by molar-refractivity contribution is -0.131. The predicted octanol–water partition coefficient (Wildman–Crippen LogP) is 1.71. The first-order chi connectivity index (χ1) is 10.1. The normalized spacial score (nSPS) is 21.7. The van der Waals surface area contributed by atoms with Crippen molar-refractivity contribution in [1.29, 1.82) is 0 Å². The van der Waals surface area contributed by atoms with Crippen molar-refractivity contribution >= 4 is 5.91 Å². The van der Waals surface area contributed by atoms with Gasteiger partial charge < -0.3 is 20.1 Å². The Morgan fingerprint density at radius 3 is 2.81 bits per heavy atom. The molecule has 2 N–H and O–H groups in total. The Morgan fingerprint density at radius 1 is 1.38 bits per heavy atom. The predicted molar refractivity (Wildman–Crippen MR) is 81.6 cm³/mol. The fourth-order valence-corrected chi connectivity index (χ4v) is 2.64. The quantitative estimate of drug-likeness (QED) is 0.867. The fourth-order valence-electron chi connectivity index (χ4n) is 2.64. The van der Waals surface area contributed by atoms with Crippen LogP contribution < -0.4 is 20.1 Å². The molecule has 0 aliphatic carbocycles. The van der Waals surface area contributed by atoms with Gasteiger partial charge in [-0.2, -0.15) is 0 Å². The van der Waals surface area contributed by atoms with Crippen molar-refractivity contribution in [3.63, 3.8) is 0 Å². The highest BCUT2D eigenvalue weighted by Gasteiger charge is 2.34. The Balaban J connectivity index is 2.00. The van der Waals surface area contributed by atoms with E-state index in [0.29, 0.717) is 6.54 Å². The van der Waals surface area contributed by atoms with Crippen LogP contribution in [0.1, 0.15) is 25.3 Å². The maximum atomic E-state index is 12.4. The molecule has 1 aliphatic heterocycles. The second kappa shape index (κ2) is 6.80. The van der Waals surface area contributed by atoms with Gasteiger partial charge in [-0.05, 0) is 38.4 Å². The van der Waals surface area contributed by atoms with Crippen LogP contribution in [0.25, 0.3) is 0 Å². The molecular weight excluding hydrogens is 268 g/mol. The van der Waals surface area contributed by atoms with Crippen molar-refractivity contribution in [2.24, 2.45) is 5.41 Å². The summed E-state index contributed by atoms with van der Waals surface area (Å²) in [6.07, 6.45) is 1.96. The fraction of sp³-hybridized carbons (Fsp3) is 0.562. The number of ether oxygens (including phenoxy) is 2. The summed E-state index contributed by atoms with van der Waals surface area (Å²) in [7, 11) is 3.24. The molecule has 1 aromatic carbocycles. The molecule has 0 bridgehead atoms. The maximum absolute atomic E-state index is 12.4. The van der Waals surface area contributed by atoms with Crippen LogP contribution >= 0.6 is 0 Å². The van der Waals surface area contributed by atoms with Crippen molar-refractivity contribution in [2.75, 3.05) is 27.3 Å². The Kier molecular flexibility index (Phi) is 5.07. The lowest BCUT2D eigenvalue weighted by Crippen LogP contribution is -2.48. The van der Waals surface area contributed by atoms with Gasteiger partial charge >= 0.3 is 0 Å². The van der Waals surface area contributed by atoms with Crippen molar-refractivity contribution < 1.29 is 14.3 Å². The topological polar surface area (TPSA) is 59.6 Å². The van der Waals surface area contributed by atoms with Crippen LogP contribution in [0.15, 0.2) is 18.2 Å². The van der Waals surface area contributed by atoms with Crippen LogP contribution in [0.2, 0.25) is 0 Å². The number of carbonyl (C=O) groups is 1. The number of piperidine rings is 1. The highest BCUT2D eigenvalue weighted by Crippen LogP contribution is 2.27. The van der Waals surface area contributed by atoms with Gasteiger partial charge in [0, 0.05) is 24.7 Å². The van der Waals surface area contributed by atoms with E-state index in [1.807, 2.05) is 25.1 Å². The van der Waals surface area contributed by atoms with E-state index in [0.717, 1.165) is 43.0 Å². The smallest absolute Gasteiger partial charge is 0.227 e. The Morgan fingerprint density at radius 2 is 2.19 bits per heavy atom. The Hall–Kier alpha value is -1.75. The van der Waals surface area contributed by atoms with Gasteiger partial charge in [0.1, 0.15) is 11.5 Å². The number of carbonyl (C=O) groups excluding carboxylic acids is 1. The van der Waals surface area contributed by atoms with E-state index in [4.69, 9.17) is 9.47 Å². The summed E-state index contributed by atoms with van der Waals surface area (Å²) in [6.45, 7) is 4.20. The van der Waals surface area contributed by atoms with E-state index in [-0.39, 0.29) is 11.3 Å². The molecule has 0 radical (unpaired) electrons. The van der Waals surface area contributed by atoms with Gasteiger partial charge in [0.25, 0.3) is 0 Å². The first-order valence-electron chi connectivity index (χ1n) is 7.29. The van der Waals surface area contributed by atoms with Crippen LogP contribution in [0.4, 0.5) is 0 Å². The first-order valence-corrected chi connectivity index (χ1v) is 7.29. The van der Waals surface area contributed by atoms with Gasteiger partial charge in [-0.25, -0.2) is 0 Å². The van der Waals surface area contributed by atoms with Gasteiger partial charge in [-0.3, -0.25) is 4.79 Å². The zero-order chi connectivity index (χ0) is 15.3. The summed E-state index contributed by atoms with van der Waals surface area (Å²) in [5.41, 5.74) is 0.622. The lowest BCUT2D eigenvalue weighted by Gasteiger charge is -2.32. The summed E-state index contributed by atoms with van der Waals surface area (Å²) in [5.74, 6) is 1.56. The average Bonchev–Trinajstić information content (AvgIpc) is 2.53. The van der Waals surface area contributed by atoms with Crippen molar-refractivity contribution in [3.8, 4) is 11.5 Å². The van der Waals surface area contributed by atoms with Gasteiger partial charge in [0.05, 0.1) is 19.6 Å². The van der Waals surface area contributed by atoms with Crippen molar-refractivity contribution in [2.45, 2.75) is 26.3 Å². The summed E-state index contributed by atoms with van der Waals surface area (Å²) in [5, 5.41) is 6.31. The number of methoxy groups -OCH3 is 2. The summed E-state index contributed by atoms with van der Waals surface area (Å²) >= 11 is 0. The minimum absolute atomic E-state index is 0.0903. The van der Waals surface area contributed by atoms with Crippen LogP contribution in [0.5, 0.6) is 11.5 Å². The maximum Gasteiger partial charge on any atom is 0.227 e. The molecule has 1 fully saturated rings. The third kappa shape index (κ3) is 3.67. The van der Waals surface area contributed by atoms with Crippen molar-refractivity contribution in [1.82, 2.24) is 10.6 Å². The molecule has 1 atom stereocenters. The standard InChI is InChI=1S/C16H24N2O3/c1-16(7-4-8-17-11-16)15(19)18-10-12-5-6-13(20-2)9-14(12)21-3/h5-6,9,17H,4,7-8,10-11H2,1-3H3,(H,18,19). The van der Waals surface area contributed by atoms with Crippen molar-refractivity contribution in [3.05, 3.63) is 23.8 Å². The average molecular weight is 292 g/mol. The molecule has 1 unspecified atom stereocenters. The first kappa shape index (κ1) is 15.6. The van der Waals surface area contributed by atoms with Crippen LogP contribution in [-0.4, -0.2) is 33.2 Å². The summed E-state index contributed by atoms with van der Waals surface area (Å²) in [6, 6.07) is 5.61. The van der Waals surface area contributed by atoms with E-state index in [2.05, 4.69) is 10.6 Å². The summed E-state index contributed by atoms with van der Waals surface area (Å²) in [4.78, 5) is 12.4. The molecule has 5 nitrogen and oxygen atoms in total. The van der Waals surface area contributed by atoms with Gasteiger partial charge in [-0.15, -0.1) is 0 Å². The van der Waals surface area contributed by atoms with E-state index < -0.39 is 0 Å². The SMILES string of the molecule is COc1ccc(CNC(=O)C2(C)CCCNC2)c(OC)c1. The molecule has 0 spiro atoms. The number of rotatable bonds is 5. The molecule has 1 heterocycles. The van der Waals surface area contributed by atoms with Gasteiger partial charge in [-0.1, -0.05) is 0 Å². The number of hydrogen-bond donors (Lipinski definition) is 2. The molecule has 21 heavy (non-hydrogen) atoms. The van der Waals surface area contributed by atoms with Crippen LogP contribution in [0.3, 0.4) is 0 Å². The van der Waals surface area contributed by atoms with E-state index in [1.165, 1.54) is 0 Å². The zero-order valence-electron chi connectivity index (χ0n) is 13.0. The van der Waals surface area contributed by atoms with Gasteiger partial charge in [0.2, 0.25) is 5.91 Å². The third-order valence-electron chi connectivity index (χ3n) is 4.08. The highest BCUT2D eigenvalue weighted by atomic mass is 16.5. The van der Waals surface area contributed by atoms with Gasteiger partial charge in [0.15, 0.2) is 0 Å². The molecular formula is C16H24N2O3. The largest absolute Gasteiger partial charge is 0.497 e. The summed E-state index contributed by atoms with van der Waals surface area (Å²) < 4.78 is 10.5. The van der Waals surface area contributed by atoms with Crippen LogP contribution in [0, 0.1) is 5.41 Å². The number of hydrogen-bond acceptors (Lipinski definition) is 4. The molecule has 1 amide bonds. The number of amides is 1. The number of benzene rings is 1. The zero-order valence-corrected chi connectivity index (χ0v) is 13.0. The molecule has 5 heteroatoms. The van der Waals surface area contributed by atoms with E-state index in [1.54, 1.807) is 14.2 Å². The second-order valence-corrected chi connectivity index (χ2v) is 5.70.